The van der Waals surface area contributed by atoms with E-state index in [1.807, 2.05) is 24.8 Å². The third-order valence-corrected chi connectivity index (χ3v) is 2.50. The van der Waals surface area contributed by atoms with E-state index in [9.17, 15) is 0 Å². The first-order valence-corrected chi connectivity index (χ1v) is 4.36. The van der Waals surface area contributed by atoms with Crippen LogP contribution in [-0.2, 0) is 4.74 Å². The molecule has 1 aliphatic rings. The summed E-state index contributed by atoms with van der Waals surface area (Å²) in [6, 6.07) is 0. The van der Waals surface area contributed by atoms with Crippen molar-refractivity contribution in [2.75, 3.05) is 5.75 Å². The Hall–Kier alpha value is -0.110. The molecular formula is C7H12OS. The third kappa shape index (κ3) is 2.31. The molecule has 0 aromatic carbocycles. The van der Waals surface area contributed by atoms with Gasteiger partial charge in [0.2, 0.25) is 0 Å². The maximum atomic E-state index is 5.33. The van der Waals surface area contributed by atoms with Crippen molar-refractivity contribution in [3.05, 3.63) is 12.3 Å². The monoisotopic (exact) mass is 144 g/mol. The highest BCUT2D eigenvalue weighted by Crippen LogP contribution is 2.26. The summed E-state index contributed by atoms with van der Waals surface area (Å²) in [5, 5.41) is 0. The van der Waals surface area contributed by atoms with E-state index in [-0.39, 0.29) is 0 Å². The Balaban J connectivity index is 2.11. The fraction of sp³-hybridized carbons (Fsp3) is 0.714. The first-order valence-electron chi connectivity index (χ1n) is 3.31. The molecule has 0 bridgehead atoms. The average molecular weight is 144 g/mol. The summed E-state index contributed by atoms with van der Waals surface area (Å²) >= 11 is 1.91. The van der Waals surface area contributed by atoms with Crippen molar-refractivity contribution in [3.8, 4) is 0 Å². The van der Waals surface area contributed by atoms with Crippen molar-refractivity contribution in [2.45, 2.75) is 25.2 Å². The minimum atomic E-state index is 0.446. The third-order valence-electron chi connectivity index (χ3n) is 1.25. The maximum Gasteiger partial charge on any atom is 0.143 e. The van der Waals surface area contributed by atoms with Crippen molar-refractivity contribution >= 4 is 11.8 Å². The first kappa shape index (κ1) is 7.00. The van der Waals surface area contributed by atoms with Gasteiger partial charge in [-0.1, -0.05) is 6.08 Å². The Labute approximate surface area is 60.5 Å². The topological polar surface area (TPSA) is 9.23 Å². The molecule has 1 unspecified atom stereocenters. The molecule has 1 saturated heterocycles. The summed E-state index contributed by atoms with van der Waals surface area (Å²) in [6.45, 7) is 1.97. The van der Waals surface area contributed by atoms with Gasteiger partial charge in [0.15, 0.2) is 0 Å². The summed E-state index contributed by atoms with van der Waals surface area (Å²) in [6.07, 6.45) is 6.24. The van der Waals surface area contributed by atoms with Gasteiger partial charge in [0, 0.05) is 0 Å². The van der Waals surface area contributed by atoms with Crippen LogP contribution in [0.4, 0.5) is 0 Å². The van der Waals surface area contributed by atoms with Gasteiger partial charge in [0.25, 0.3) is 0 Å². The van der Waals surface area contributed by atoms with E-state index in [1.54, 1.807) is 6.26 Å². The minimum Gasteiger partial charge on any atom is -0.488 e. The number of thioether (sulfide) groups is 1. The van der Waals surface area contributed by atoms with Gasteiger partial charge >= 0.3 is 0 Å². The molecule has 0 spiro atoms. The van der Waals surface area contributed by atoms with Crippen molar-refractivity contribution in [1.82, 2.24) is 0 Å². The second kappa shape index (κ2) is 3.83. The molecular weight excluding hydrogens is 132 g/mol. The lowest BCUT2D eigenvalue weighted by Crippen LogP contribution is -1.96. The first-order chi connectivity index (χ1) is 4.43. The quantitative estimate of drug-likeness (QED) is 0.550. The lowest BCUT2D eigenvalue weighted by Gasteiger charge is -2.05. The van der Waals surface area contributed by atoms with Gasteiger partial charge in [-0.3, -0.25) is 0 Å². The lowest BCUT2D eigenvalue weighted by molar-refractivity contribution is 0.219. The SMILES string of the molecule is C/C=C\OC1CCCS1. The summed E-state index contributed by atoms with van der Waals surface area (Å²) in [7, 11) is 0. The van der Waals surface area contributed by atoms with Gasteiger partial charge in [-0.25, -0.2) is 0 Å². The molecule has 1 nitrogen and oxygen atoms in total. The number of ether oxygens (including phenoxy) is 1. The van der Waals surface area contributed by atoms with Gasteiger partial charge < -0.3 is 4.74 Å². The lowest BCUT2D eigenvalue weighted by atomic mass is 10.4. The van der Waals surface area contributed by atoms with E-state index in [0.29, 0.717) is 5.44 Å². The van der Waals surface area contributed by atoms with E-state index in [2.05, 4.69) is 0 Å². The fourth-order valence-electron chi connectivity index (χ4n) is 0.822. The summed E-state index contributed by atoms with van der Waals surface area (Å²) in [5.74, 6) is 1.27. The van der Waals surface area contributed by atoms with Crippen LogP contribution < -0.4 is 0 Å². The van der Waals surface area contributed by atoms with E-state index in [4.69, 9.17) is 4.74 Å². The molecule has 1 heterocycles. The Morgan fingerprint density at radius 2 is 2.56 bits per heavy atom. The van der Waals surface area contributed by atoms with Crippen LogP contribution in [0.1, 0.15) is 19.8 Å². The molecule has 0 aliphatic carbocycles. The highest BCUT2D eigenvalue weighted by atomic mass is 32.2. The summed E-state index contributed by atoms with van der Waals surface area (Å²) < 4.78 is 5.33. The Morgan fingerprint density at radius 1 is 1.67 bits per heavy atom. The van der Waals surface area contributed by atoms with Crippen LogP contribution in [0.2, 0.25) is 0 Å². The largest absolute Gasteiger partial charge is 0.488 e. The highest BCUT2D eigenvalue weighted by Gasteiger charge is 2.14. The molecule has 9 heavy (non-hydrogen) atoms. The van der Waals surface area contributed by atoms with Gasteiger partial charge in [-0.05, 0) is 25.5 Å². The number of allylic oxidation sites excluding steroid dienone is 1. The predicted octanol–water partition coefficient (Wildman–Crippen LogP) is 2.39. The van der Waals surface area contributed by atoms with Gasteiger partial charge in [-0.15, -0.1) is 11.8 Å². The predicted molar refractivity (Wildman–Crippen MR) is 41.4 cm³/mol. The Morgan fingerprint density at radius 3 is 3.11 bits per heavy atom. The standard InChI is InChI=1S/C7H12OS/c1-2-5-8-7-4-3-6-9-7/h2,5,7H,3-4,6H2,1H3/b5-2-. The van der Waals surface area contributed by atoms with Gasteiger partial charge in [-0.2, -0.15) is 0 Å². The van der Waals surface area contributed by atoms with E-state index >= 15 is 0 Å². The molecule has 0 radical (unpaired) electrons. The van der Waals surface area contributed by atoms with Crippen LogP contribution in [0, 0.1) is 0 Å². The van der Waals surface area contributed by atoms with E-state index in [1.165, 1.54) is 18.6 Å². The molecule has 0 aromatic heterocycles. The molecule has 0 saturated carbocycles. The number of hydrogen-bond donors (Lipinski definition) is 0. The zero-order valence-electron chi connectivity index (χ0n) is 5.67. The normalized spacial score (nSPS) is 27.4. The smallest absolute Gasteiger partial charge is 0.143 e. The number of hydrogen-bond acceptors (Lipinski definition) is 2. The molecule has 0 amide bonds. The molecule has 1 aliphatic heterocycles. The molecule has 1 atom stereocenters. The Bertz CT molecular complexity index is 95.1. The highest BCUT2D eigenvalue weighted by molar-refractivity contribution is 8.00. The molecule has 2 heteroatoms. The van der Waals surface area contributed by atoms with E-state index < -0.39 is 0 Å². The molecule has 1 fully saturated rings. The van der Waals surface area contributed by atoms with Crippen LogP contribution in [0.15, 0.2) is 12.3 Å². The van der Waals surface area contributed by atoms with Crippen LogP contribution in [0.25, 0.3) is 0 Å². The minimum absolute atomic E-state index is 0.446. The van der Waals surface area contributed by atoms with Crippen LogP contribution in [0.3, 0.4) is 0 Å². The average Bonchev–Trinajstić information content (AvgIpc) is 2.34. The molecule has 0 N–H and O–H groups in total. The second-order valence-corrected chi connectivity index (χ2v) is 3.32. The molecule has 52 valence electrons. The Kier molecular flexibility index (Phi) is 2.98. The van der Waals surface area contributed by atoms with Crippen LogP contribution in [-0.4, -0.2) is 11.2 Å². The number of rotatable bonds is 2. The van der Waals surface area contributed by atoms with Crippen molar-refractivity contribution in [3.63, 3.8) is 0 Å². The summed E-state index contributed by atoms with van der Waals surface area (Å²) in [5.41, 5.74) is 0.446. The van der Waals surface area contributed by atoms with Crippen molar-refractivity contribution < 1.29 is 4.74 Å². The van der Waals surface area contributed by atoms with Crippen LogP contribution in [0.5, 0.6) is 0 Å². The fourth-order valence-corrected chi connectivity index (χ4v) is 1.89. The summed E-state index contributed by atoms with van der Waals surface area (Å²) in [4.78, 5) is 0. The zero-order chi connectivity index (χ0) is 6.53. The molecule has 0 aromatic rings. The zero-order valence-corrected chi connectivity index (χ0v) is 6.49. The molecule has 1 rings (SSSR count). The van der Waals surface area contributed by atoms with Gasteiger partial charge in [0.05, 0.1) is 6.26 Å². The van der Waals surface area contributed by atoms with Crippen molar-refractivity contribution in [1.29, 1.82) is 0 Å². The second-order valence-electron chi connectivity index (χ2n) is 2.05. The van der Waals surface area contributed by atoms with Crippen molar-refractivity contribution in [2.24, 2.45) is 0 Å². The van der Waals surface area contributed by atoms with Gasteiger partial charge in [0.1, 0.15) is 5.44 Å². The maximum absolute atomic E-state index is 5.33. The van der Waals surface area contributed by atoms with E-state index in [0.717, 1.165) is 0 Å². The van der Waals surface area contributed by atoms with Crippen LogP contribution >= 0.6 is 11.8 Å².